The van der Waals surface area contributed by atoms with Crippen LogP contribution in [-0.2, 0) is 0 Å². The Bertz CT molecular complexity index is 450. The van der Waals surface area contributed by atoms with Crippen LogP contribution in [0, 0.1) is 13.8 Å². The molecular weight excluding hydrogens is 254 g/mol. The van der Waals surface area contributed by atoms with E-state index in [9.17, 15) is 4.79 Å². The maximum absolute atomic E-state index is 12.7. The van der Waals surface area contributed by atoms with Crippen molar-refractivity contribution in [3.8, 4) is 0 Å². The first-order chi connectivity index (χ1) is 9.09. The van der Waals surface area contributed by atoms with Gasteiger partial charge in [0.25, 0.3) is 0 Å². The van der Waals surface area contributed by atoms with Crippen molar-refractivity contribution in [3.63, 3.8) is 0 Å². The van der Waals surface area contributed by atoms with Crippen LogP contribution in [0.25, 0.3) is 0 Å². The first-order valence-corrected chi connectivity index (χ1v) is 8.18. The van der Waals surface area contributed by atoms with Gasteiger partial charge in [-0.15, -0.1) is 0 Å². The predicted octanol–water partition coefficient (Wildman–Crippen LogP) is 3.31. The lowest BCUT2D eigenvalue weighted by Crippen LogP contribution is -2.40. The molecule has 1 aliphatic heterocycles. The van der Waals surface area contributed by atoms with Crippen LogP contribution in [0.2, 0.25) is 0 Å². The van der Waals surface area contributed by atoms with E-state index in [0.29, 0.717) is 0 Å². The summed E-state index contributed by atoms with van der Waals surface area (Å²) in [4.78, 5) is 15.0. The highest BCUT2D eigenvalue weighted by atomic mass is 32.2. The van der Waals surface area contributed by atoms with E-state index in [2.05, 4.69) is 17.9 Å². The van der Waals surface area contributed by atoms with Gasteiger partial charge in [0, 0.05) is 17.9 Å². The lowest BCUT2D eigenvalue weighted by atomic mass is 9.97. The summed E-state index contributed by atoms with van der Waals surface area (Å²) < 4.78 is 0. The van der Waals surface area contributed by atoms with Crippen molar-refractivity contribution in [2.24, 2.45) is 0 Å². The van der Waals surface area contributed by atoms with Crippen molar-refractivity contribution in [2.45, 2.75) is 33.2 Å². The van der Waals surface area contributed by atoms with Crippen molar-refractivity contribution in [2.75, 3.05) is 24.6 Å². The second-order valence-electron chi connectivity index (χ2n) is 5.36. The van der Waals surface area contributed by atoms with Gasteiger partial charge in [0.1, 0.15) is 0 Å². The van der Waals surface area contributed by atoms with Gasteiger partial charge in [-0.1, -0.05) is 17.7 Å². The lowest BCUT2D eigenvalue weighted by Gasteiger charge is -2.26. The number of carbonyl (C=O) groups is 1. The summed E-state index contributed by atoms with van der Waals surface area (Å²) >= 11 is 2.00. The molecule has 1 heterocycles. The van der Waals surface area contributed by atoms with Crippen LogP contribution in [0.15, 0.2) is 18.2 Å². The molecule has 0 radical (unpaired) electrons. The Balaban J connectivity index is 2.15. The molecule has 2 rings (SSSR count). The minimum atomic E-state index is -0.000741. The third kappa shape index (κ3) is 3.61. The van der Waals surface area contributed by atoms with Gasteiger partial charge >= 0.3 is 0 Å². The predicted molar refractivity (Wildman–Crippen MR) is 83.2 cm³/mol. The molecule has 0 saturated carbocycles. The number of thioether (sulfide) groups is 1. The van der Waals surface area contributed by atoms with Crippen LogP contribution >= 0.6 is 11.8 Å². The van der Waals surface area contributed by atoms with Gasteiger partial charge in [-0.05, 0) is 51.1 Å². The summed E-state index contributed by atoms with van der Waals surface area (Å²) in [6, 6.07) is 6.15. The molecule has 0 aliphatic carbocycles. The van der Waals surface area contributed by atoms with Crippen molar-refractivity contribution in [1.82, 2.24) is 4.90 Å². The number of Topliss-reactive ketones (excluding diaryl/α,β-unsaturated/α-hetero) is 1. The van der Waals surface area contributed by atoms with Crippen LogP contribution in [-0.4, -0.2) is 41.3 Å². The number of aryl methyl sites for hydroxylation is 2. The largest absolute Gasteiger partial charge is 0.293 e. The first-order valence-electron chi connectivity index (χ1n) is 7.03. The fourth-order valence-electron chi connectivity index (χ4n) is 2.54. The molecule has 1 aromatic carbocycles. The normalized spacial score (nSPS) is 18.9. The smallest absolute Gasteiger partial charge is 0.179 e. The highest BCUT2D eigenvalue weighted by Crippen LogP contribution is 2.18. The third-order valence-electron chi connectivity index (χ3n) is 3.84. The van der Waals surface area contributed by atoms with Gasteiger partial charge in [0.2, 0.25) is 0 Å². The SMILES string of the molecule is Cc1ccc(C)c(C(=O)C(C)N2CCCSCC2)c1. The second kappa shape index (κ2) is 6.58. The summed E-state index contributed by atoms with van der Waals surface area (Å²) in [5.74, 6) is 2.64. The van der Waals surface area contributed by atoms with Gasteiger partial charge in [-0.2, -0.15) is 11.8 Å². The molecular formula is C16H23NOS. The Morgan fingerprint density at radius 1 is 1.26 bits per heavy atom. The van der Waals surface area contributed by atoms with Gasteiger partial charge in [-0.3, -0.25) is 9.69 Å². The molecule has 0 spiro atoms. The summed E-state index contributed by atoms with van der Waals surface area (Å²) in [5, 5.41) is 0. The number of benzene rings is 1. The van der Waals surface area contributed by atoms with E-state index in [1.807, 2.05) is 37.7 Å². The molecule has 1 unspecified atom stereocenters. The Labute approximate surface area is 120 Å². The van der Waals surface area contributed by atoms with Gasteiger partial charge in [0.15, 0.2) is 5.78 Å². The standard InChI is InChI=1S/C16H23NOS/c1-12-5-6-13(2)15(11-12)16(18)14(3)17-7-4-9-19-10-8-17/h5-6,11,14H,4,7-10H2,1-3H3. The zero-order chi connectivity index (χ0) is 13.8. The minimum Gasteiger partial charge on any atom is -0.293 e. The van der Waals surface area contributed by atoms with Crippen molar-refractivity contribution < 1.29 is 4.79 Å². The van der Waals surface area contributed by atoms with Crippen LogP contribution in [0.1, 0.15) is 34.8 Å². The molecule has 1 atom stereocenters. The number of carbonyl (C=O) groups excluding carboxylic acids is 1. The quantitative estimate of drug-likeness (QED) is 0.791. The van der Waals surface area contributed by atoms with Crippen LogP contribution in [0.3, 0.4) is 0 Å². The summed E-state index contributed by atoms with van der Waals surface area (Å²) in [6.45, 7) is 8.20. The third-order valence-corrected chi connectivity index (χ3v) is 4.89. The Kier molecular flexibility index (Phi) is 5.06. The Morgan fingerprint density at radius 2 is 2.05 bits per heavy atom. The highest BCUT2D eigenvalue weighted by Gasteiger charge is 2.24. The maximum Gasteiger partial charge on any atom is 0.179 e. The van der Waals surface area contributed by atoms with E-state index < -0.39 is 0 Å². The lowest BCUT2D eigenvalue weighted by molar-refractivity contribution is 0.0847. The van der Waals surface area contributed by atoms with Crippen molar-refractivity contribution in [3.05, 3.63) is 34.9 Å². The summed E-state index contributed by atoms with van der Waals surface area (Å²) in [5.41, 5.74) is 3.14. The first kappa shape index (κ1) is 14.6. The molecule has 3 heteroatoms. The minimum absolute atomic E-state index is 0.000741. The molecule has 1 saturated heterocycles. The molecule has 0 N–H and O–H groups in total. The number of nitrogens with zero attached hydrogens (tertiary/aromatic N) is 1. The van der Waals surface area contributed by atoms with E-state index in [1.54, 1.807) is 0 Å². The average Bonchev–Trinajstić information content (AvgIpc) is 2.69. The summed E-state index contributed by atoms with van der Waals surface area (Å²) in [7, 11) is 0. The Hall–Kier alpha value is -0.800. The van der Waals surface area contributed by atoms with Crippen LogP contribution in [0.4, 0.5) is 0 Å². The zero-order valence-electron chi connectivity index (χ0n) is 12.1. The fraction of sp³-hybridized carbons (Fsp3) is 0.562. The molecule has 1 fully saturated rings. The van der Waals surface area contributed by atoms with E-state index in [1.165, 1.54) is 12.2 Å². The van der Waals surface area contributed by atoms with Crippen molar-refractivity contribution >= 4 is 17.5 Å². The maximum atomic E-state index is 12.7. The fourth-order valence-corrected chi connectivity index (χ4v) is 3.45. The number of hydrogen-bond acceptors (Lipinski definition) is 3. The number of ketones is 1. The van der Waals surface area contributed by atoms with Crippen LogP contribution in [0.5, 0.6) is 0 Å². The van der Waals surface area contributed by atoms with Gasteiger partial charge in [0.05, 0.1) is 6.04 Å². The number of hydrogen-bond donors (Lipinski definition) is 0. The Morgan fingerprint density at radius 3 is 2.84 bits per heavy atom. The number of rotatable bonds is 3. The molecule has 2 nitrogen and oxygen atoms in total. The highest BCUT2D eigenvalue weighted by molar-refractivity contribution is 7.99. The monoisotopic (exact) mass is 277 g/mol. The second-order valence-corrected chi connectivity index (χ2v) is 6.59. The van der Waals surface area contributed by atoms with Gasteiger partial charge < -0.3 is 0 Å². The molecule has 0 aromatic heterocycles. The van der Waals surface area contributed by atoms with E-state index in [0.717, 1.165) is 35.5 Å². The van der Waals surface area contributed by atoms with E-state index >= 15 is 0 Å². The molecule has 1 aliphatic rings. The van der Waals surface area contributed by atoms with E-state index in [-0.39, 0.29) is 11.8 Å². The molecule has 104 valence electrons. The van der Waals surface area contributed by atoms with E-state index in [4.69, 9.17) is 0 Å². The average molecular weight is 277 g/mol. The molecule has 0 amide bonds. The van der Waals surface area contributed by atoms with Crippen LogP contribution < -0.4 is 0 Å². The molecule has 1 aromatic rings. The topological polar surface area (TPSA) is 20.3 Å². The molecule has 0 bridgehead atoms. The van der Waals surface area contributed by atoms with Crippen molar-refractivity contribution in [1.29, 1.82) is 0 Å². The van der Waals surface area contributed by atoms with Gasteiger partial charge in [-0.25, -0.2) is 0 Å². The summed E-state index contributed by atoms with van der Waals surface area (Å²) in [6.07, 6.45) is 1.19. The zero-order valence-corrected chi connectivity index (χ0v) is 12.9. The molecule has 19 heavy (non-hydrogen) atoms.